The molecule has 3 rings (SSSR count). The largest absolute Gasteiger partial charge is 0.370 e. The van der Waals surface area contributed by atoms with Crippen LogP contribution in [0.15, 0.2) is 42.6 Å². The van der Waals surface area contributed by atoms with Crippen LogP contribution >= 0.6 is 0 Å². The van der Waals surface area contributed by atoms with Gasteiger partial charge in [0, 0.05) is 18.8 Å². The van der Waals surface area contributed by atoms with E-state index in [0.717, 1.165) is 24.7 Å². The number of aromatic nitrogens is 2. The summed E-state index contributed by atoms with van der Waals surface area (Å²) in [5.41, 5.74) is 1.34. The zero-order valence-corrected chi connectivity index (χ0v) is 13.0. The minimum atomic E-state index is 0.535. The maximum atomic E-state index is 4.56. The Morgan fingerprint density at radius 2 is 1.82 bits per heavy atom. The molecule has 1 fully saturated rings. The second-order valence-corrected chi connectivity index (χ2v) is 5.91. The van der Waals surface area contributed by atoms with Crippen LogP contribution in [-0.4, -0.2) is 22.6 Å². The molecule has 4 nitrogen and oxygen atoms in total. The maximum Gasteiger partial charge on any atom is 0.224 e. The van der Waals surface area contributed by atoms with Crippen LogP contribution in [0.25, 0.3) is 0 Å². The fourth-order valence-electron chi connectivity index (χ4n) is 2.94. The molecule has 1 heterocycles. The smallest absolute Gasteiger partial charge is 0.224 e. The van der Waals surface area contributed by atoms with Crippen LogP contribution in [-0.2, 0) is 6.42 Å². The molecule has 0 aliphatic heterocycles. The molecule has 0 bridgehead atoms. The lowest BCUT2D eigenvalue weighted by Gasteiger charge is -2.22. The summed E-state index contributed by atoms with van der Waals surface area (Å²) >= 11 is 0. The van der Waals surface area contributed by atoms with Crippen molar-refractivity contribution < 1.29 is 0 Å². The van der Waals surface area contributed by atoms with Crippen molar-refractivity contribution in [1.29, 1.82) is 0 Å². The van der Waals surface area contributed by atoms with Crippen molar-refractivity contribution in [3.8, 4) is 0 Å². The van der Waals surface area contributed by atoms with E-state index in [1.54, 1.807) is 0 Å². The van der Waals surface area contributed by atoms with E-state index in [-0.39, 0.29) is 0 Å². The third-order valence-electron chi connectivity index (χ3n) is 4.16. The number of benzene rings is 1. The van der Waals surface area contributed by atoms with Gasteiger partial charge in [-0.05, 0) is 30.9 Å². The molecule has 0 unspecified atom stereocenters. The normalized spacial score (nSPS) is 15.5. The van der Waals surface area contributed by atoms with Crippen LogP contribution in [0.3, 0.4) is 0 Å². The number of rotatable bonds is 6. The van der Waals surface area contributed by atoms with Gasteiger partial charge in [0.1, 0.15) is 5.82 Å². The summed E-state index contributed by atoms with van der Waals surface area (Å²) in [6, 6.07) is 13.0. The standard InChI is InChI=1S/C18H24N4/c1-3-7-15(8-4-1)11-13-19-17-12-14-20-18(22-17)21-16-9-5-2-6-10-16/h1,3-4,7-8,12,14,16H,2,5-6,9-11,13H2,(H2,19,20,21,22). The number of hydrogen-bond acceptors (Lipinski definition) is 4. The van der Waals surface area contributed by atoms with Crippen LogP contribution in [0.2, 0.25) is 0 Å². The van der Waals surface area contributed by atoms with Gasteiger partial charge < -0.3 is 10.6 Å². The molecule has 0 atom stereocenters. The van der Waals surface area contributed by atoms with Gasteiger partial charge in [0.2, 0.25) is 5.95 Å². The second kappa shape index (κ2) is 7.78. The Labute approximate surface area is 132 Å². The van der Waals surface area contributed by atoms with Gasteiger partial charge in [-0.1, -0.05) is 49.6 Å². The van der Waals surface area contributed by atoms with Crippen molar-refractivity contribution in [2.24, 2.45) is 0 Å². The highest BCUT2D eigenvalue weighted by molar-refractivity contribution is 5.40. The zero-order valence-electron chi connectivity index (χ0n) is 13.0. The van der Waals surface area contributed by atoms with E-state index in [1.165, 1.54) is 37.7 Å². The molecule has 2 aromatic rings. The van der Waals surface area contributed by atoms with Gasteiger partial charge in [0.15, 0.2) is 0 Å². The van der Waals surface area contributed by atoms with Crippen molar-refractivity contribution in [3.63, 3.8) is 0 Å². The Morgan fingerprint density at radius 1 is 1.00 bits per heavy atom. The fraction of sp³-hybridized carbons (Fsp3) is 0.444. The summed E-state index contributed by atoms with van der Waals surface area (Å²) < 4.78 is 0. The molecule has 1 aromatic heterocycles. The van der Waals surface area contributed by atoms with Crippen molar-refractivity contribution >= 4 is 11.8 Å². The number of nitrogens with zero attached hydrogens (tertiary/aromatic N) is 2. The molecule has 2 N–H and O–H groups in total. The first-order valence-electron chi connectivity index (χ1n) is 8.27. The van der Waals surface area contributed by atoms with Crippen molar-refractivity contribution in [1.82, 2.24) is 9.97 Å². The highest BCUT2D eigenvalue weighted by Crippen LogP contribution is 2.20. The molecule has 22 heavy (non-hydrogen) atoms. The molecule has 0 amide bonds. The van der Waals surface area contributed by atoms with Crippen molar-refractivity contribution in [2.75, 3.05) is 17.2 Å². The second-order valence-electron chi connectivity index (χ2n) is 5.91. The van der Waals surface area contributed by atoms with Crippen LogP contribution < -0.4 is 10.6 Å². The van der Waals surface area contributed by atoms with Crippen LogP contribution in [0.4, 0.5) is 11.8 Å². The van der Waals surface area contributed by atoms with E-state index >= 15 is 0 Å². The minimum absolute atomic E-state index is 0.535. The molecule has 0 spiro atoms. The molecule has 1 saturated carbocycles. The highest BCUT2D eigenvalue weighted by Gasteiger charge is 2.13. The van der Waals surface area contributed by atoms with Gasteiger partial charge in [-0.2, -0.15) is 4.98 Å². The monoisotopic (exact) mass is 296 g/mol. The molecule has 4 heteroatoms. The Balaban J connectivity index is 1.50. The first-order chi connectivity index (χ1) is 10.9. The minimum Gasteiger partial charge on any atom is -0.370 e. The lowest BCUT2D eigenvalue weighted by molar-refractivity contribution is 0.461. The maximum absolute atomic E-state index is 4.56. The quantitative estimate of drug-likeness (QED) is 0.849. The molecule has 1 aliphatic carbocycles. The third kappa shape index (κ3) is 4.45. The lowest BCUT2D eigenvalue weighted by atomic mass is 9.96. The molecule has 116 valence electrons. The van der Waals surface area contributed by atoms with Crippen molar-refractivity contribution in [3.05, 3.63) is 48.2 Å². The summed E-state index contributed by atoms with van der Waals surface area (Å²) in [6.07, 6.45) is 9.27. The number of hydrogen-bond donors (Lipinski definition) is 2. The molecule has 0 saturated heterocycles. The van der Waals surface area contributed by atoms with Gasteiger partial charge in [0.05, 0.1) is 0 Å². The summed E-state index contributed by atoms with van der Waals surface area (Å²) in [5.74, 6) is 1.64. The Morgan fingerprint density at radius 3 is 2.64 bits per heavy atom. The van der Waals surface area contributed by atoms with E-state index in [2.05, 4.69) is 44.9 Å². The van der Waals surface area contributed by atoms with E-state index in [4.69, 9.17) is 0 Å². The van der Waals surface area contributed by atoms with Gasteiger partial charge in [-0.15, -0.1) is 0 Å². The van der Waals surface area contributed by atoms with Gasteiger partial charge in [-0.3, -0.25) is 0 Å². The molecule has 0 radical (unpaired) electrons. The number of nitrogens with one attached hydrogen (secondary N) is 2. The topological polar surface area (TPSA) is 49.8 Å². The molecule has 1 aromatic carbocycles. The van der Waals surface area contributed by atoms with Crippen LogP contribution in [0.5, 0.6) is 0 Å². The number of anilines is 2. The summed E-state index contributed by atoms with van der Waals surface area (Å²) in [5, 5.41) is 6.85. The predicted octanol–water partition coefficient (Wildman–Crippen LogP) is 3.88. The average Bonchev–Trinajstić information content (AvgIpc) is 2.57. The van der Waals surface area contributed by atoms with E-state index in [0.29, 0.717) is 6.04 Å². The molecule has 1 aliphatic rings. The van der Waals surface area contributed by atoms with Crippen LogP contribution in [0, 0.1) is 0 Å². The van der Waals surface area contributed by atoms with Crippen molar-refractivity contribution in [2.45, 2.75) is 44.6 Å². The van der Waals surface area contributed by atoms with Gasteiger partial charge in [-0.25, -0.2) is 4.98 Å². The van der Waals surface area contributed by atoms with Gasteiger partial charge >= 0.3 is 0 Å². The highest BCUT2D eigenvalue weighted by atomic mass is 15.1. The first kappa shape index (κ1) is 14.8. The van der Waals surface area contributed by atoms with E-state index < -0.39 is 0 Å². The Bertz CT molecular complexity index is 564. The van der Waals surface area contributed by atoms with E-state index in [9.17, 15) is 0 Å². The summed E-state index contributed by atoms with van der Waals surface area (Å²) in [7, 11) is 0. The average molecular weight is 296 g/mol. The summed E-state index contributed by atoms with van der Waals surface area (Å²) in [6.45, 7) is 0.879. The first-order valence-corrected chi connectivity index (χ1v) is 8.27. The Hall–Kier alpha value is -2.10. The Kier molecular flexibility index (Phi) is 5.24. The molecular formula is C18H24N4. The lowest BCUT2D eigenvalue weighted by Crippen LogP contribution is -2.23. The third-order valence-corrected chi connectivity index (χ3v) is 4.16. The zero-order chi connectivity index (χ0) is 15.0. The fourth-order valence-corrected chi connectivity index (χ4v) is 2.94. The van der Waals surface area contributed by atoms with Crippen LogP contribution in [0.1, 0.15) is 37.7 Å². The van der Waals surface area contributed by atoms with Gasteiger partial charge in [0.25, 0.3) is 0 Å². The molecular weight excluding hydrogens is 272 g/mol. The van der Waals surface area contributed by atoms with E-state index in [1.807, 2.05) is 18.3 Å². The SMILES string of the molecule is c1ccc(CCNc2ccnc(NC3CCCCC3)n2)cc1. The summed E-state index contributed by atoms with van der Waals surface area (Å²) in [4.78, 5) is 8.90. The predicted molar refractivity (Wildman–Crippen MR) is 91.2 cm³/mol.